The molecule has 0 bridgehead atoms. The van der Waals surface area contributed by atoms with Crippen molar-refractivity contribution in [3.05, 3.63) is 36.2 Å². The Hall–Kier alpha value is -1.64. The van der Waals surface area contributed by atoms with Crippen LogP contribution in [-0.4, -0.2) is 16.6 Å². The highest BCUT2D eigenvalue weighted by Crippen LogP contribution is 2.04. The minimum absolute atomic E-state index is 0.186. The van der Waals surface area contributed by atoms with Crippen LogP contribution in [0.25, 0.3) is 0 Å². The van der Waals surface area contributed by atoms with Gasteiger partial charge in [0.2, 0.25) is 0 Å². The average Bonchev–Trinajstić information content (AvgIpc) is 2.55. The number of carbonyl (C=O) groups is 1. The molecule has 0 saturated carbocycles. The monoisotopic (exact) mass is 146 g/mol. The summed E-state index contributed by atoms with van der Waals surface area (Å²) in [5, 5.41) is 0. The molecule has 1 aromatic heterocycles. The third kappa shape index (κ3) is 1.00. The molecule has 0 saturated heterocycles. The Bertz CT molecular complexity index is 333. The van der Waals surface area contributed by atoms with Crippen LogP contribution in [0.1, 0.15) is 5.69 Å². The van der Waals surface area contributed by atoms with Crippen LogP contribution in [0, 0.1) is 0 Å². The molecular weight excluding hydrogens is 140 g/mol. The molecule has 0 atom stereocenters. The molecule has 2 heterocycles. The number of amides is 1. The number of aromatic nitrogens is 1. The minimum Gasteiger partial charge on any atom is -0.360 e. The summed E-state index contributed by atoms with van der Waals surface area (Å²) in [5.41, 5.74) is 1.59. The van der Waals surface area contributed by atoms with Crippen molar-refractivity contribution in [3.8, 4) is 0 Å². The van der Waals surface area contributed by atoms with E-state index in [0.29, 0.717) is 5.71 Å². The van der Waals surface area contributed by atoms with Gasteiger partial charge in [0, 0.05) is 12.3 Å². The Morgan fingerprint density at radius 3 is 2.82 bits per heavy atom. The fraction of sp³-hybridized carbons (Fsp3) is 0. The highest BCUT2D eigenvalue weighted by atomic mass is 16.1. The van der Waals surface area contributed by atoms with E-state index in [9.17, 15) is 4.79 Å². The van der Waals surface area contributed by atoms with Gasteiger partial charge in [-0.15, -0.1) is 0 Å². The molecule has 1 aromatic rings. The second kappa shape index (κ2) is 2.20. The van der Waals surface area contributed by atoms with E-state index in [-0.39, 0.29) is 5.91 Å². The van der Waals surface area contributed by atoms with Crippen molar-refractivity contribution in [3.63, 3.8) is 0 Å². The summed E-state index contributed by atoms with van der Waals surface area (Å²) in [6.45, 7) is 0. The van der Waals surface area contributed by atoms with Crippen LogP contribution < -0.4 is 0 Å². The number of carbonyl (C=O) groups excluding carboxylic acids is 1. The number of H-pyrrole nitrogens is 1. The molecule has 2 rings (SSSR count). The van der Waals surface area contributed by atoms with E-state index in [1.54, 1.807) is 12.3 Å². The number of aliphatic imine (C=N–C) groups is 1. The molecule has 1 aliphatic heterocycles. The van der Waals surface area contributed by atoms with Gasteiger partial charge in [0.15, 0.2) is 0 Å². The van der Waals surface area contributed by atoms with Crippen LogP contribution in [0.15, 0.2) is 35.5 Å². The van der Waals surface area contributed by atoms with Gasteiger partial charge in [-0.2, -0.15) is 0 Å². The molecule has 0 radical (unpaired) electrons. The van der Waals surface area contributed by atoms with Crippen molar-refractivity contribution < 1.29 is 4.79 Å². The summed E-state index contributed by atoms with van der Waals surface area (Å²) in [4.78, 5) is 17.4. The van der Waals surface area contributed by atoms with Crippen LogP contribution in [0.2, 0.25) is 0 Å². The lowest BCUT2D eigenvalue weighted by Gasteiger charge is -1.88. The van der Waals surface area contributed by atoms with Crippen LogP contribution >= 0.6 is 0 Å². The molecule has 11 heavy (non-hydrogen) atoms. The van der Waals surface area contributed by atoms with Gasteiger partial charge >= 0.3 is 0 Å². The second-order valence-corrected chi connectivity index (χ2v) is 2.25. The Balaban J connectivity index is 2.40. The predicted octanol–water partition coefficient (Wildman–Crippen LogP) is 0.900. The zero-order valence-corrected chi connectivity index (χ0v) is 5.74. The van der Waals surface area contributed by atoms with E-state index in [4.69, 9.17) is 0 Å². The van der Waals surface area contributed by atoms with Crippen LogP contribution in [-0.2, 0) is 4.79 Å². The quantitative estimate of drug-likeness (QED) is 0.628. The highest BCUT2D eigenvalue weighted by molar-refractivity contribution is 6.19. The molecule has 1 aliphatic rings. The van der Waals surface area contributed by atoms with Crippen molar-refractivity contribution in [2.24, 2.45) is 4.99 Å². The number of nitrogens with one attached hydrogen (secondary N) is 1. The number of aromatic amines is 1. The zero-order chi connectivity index (χ0) is 7.68. The van der Waals surface area contributed by atoms with Gasteiger partial charge in [-0.25, -0.2) is 4.99 Å². The zero-order valence-electron chi connectivity index (χ0n) is 5.74. The van der Waals surface area contributed by atoms with Gasteiger partial charge in [-0.05, 0) is 18.2 Å². The number of nitrogens with zero attached hydrogens (tertiary/aromatic N) is 1. The summed E-state index contributed by atoms with van der Waals surface area (Å²) in [5.74, 6) is -0.186. The molecular formula is C8H6N2O. The SMILES string of the molecule is O=C1C=CC(c2ccc[nH]2)=N1. The third-order valence-electron chi connectivity index (χ3n) is 1.49. The molecule has 3 heteroatoms. The number of rotatable bonds is 1. The second-order valence-electron chi connectivity index (χ2n) is 2.25. The van der Waals surface area contributed by atoms with Gasteiger partial charge in [-0.1, -0.05) is 0 Å². The van der Waals surface area contributed by atoms with Crippen LogP contribution in [0.4, 0.5) is 0 Å². The molecule has 0 aliphatic carbocycles. The lowest BCUT2D eigenvalue weighted by molar-refractivity contribution is -0.113. The molecule has 0 spiro atoms. The Morgan fingerprint density at radius 1 is 1.36 bits per heavy atom. The van der Waals surface area contributed by atoms with Gasteiger partial charge in [0.25, 0.3) is 5.91 Å². The van der Waals surface area contributed by atoms with E-state index in [0.717, 1.165) is 5.69 Å². The summed E-state index contributed by atoms with van der Waals surface area (Å²) in [7, 11) is 0. The number of allylic oxidation sites excluding steroid dienone is 1. The van der Waals surface area contributed by atoms with E-state index in [1.807, 2.05) is 12.1 Å². The fourth-order valence-electron chi connectivity index (χ4n) is 0.983. The lowest BCUT2D eigenvalue weighted by atomic mass is 10.3. The maximum absolute atomic E-state index is 10.7. The number of hydrogen-bond donors (Lipinski definition) is 1. The smallest absolute Gasteiger partial charge is 0.270 e. The van der Waals surface area contributed by atoms with Crippen molar-refractivity contribution in [2.45, 2.75) is 0 Å². The van der Waals surface area contributed by atoms with E-state index < -0.39 is 0 Å². The van der Waals surface area contributed by atoms with Crippen LogP contribution in [0.5, 0.6) is 0 Å². The van der Waals surface area contributed by atoms with Crippen molar-refractivity contribution >= 4 is 11.6 Å². The molecule has 0 aromatic carbocycles. The first-order valence-corrected chi connectivity index (χ1v) is 3.31. The summed E-state index contributed by atoms with van der Waals surface area (Å²) in [6, 6.07) is 3.75. The molecule has 0 unspecified atom stereocenters. The Morgan fingerprint density at radius 2 is 2.27 bits per heavy atom. The third-order valence-corrected chi connectivity index (χ3v) is 1.49. The fourth-order valence-corrected chi connectivity index (χ4v) is 0.983. The van der Waals surface area contributed by atoms with E-state index in [1.165, 1.54) is 6.08 Å². The lowest BCUT2D eigenvalue weighted by Crippen LogP contribution is -1.93. The predicted molar refractivity (Wildman–Crippen MR) is 41.5 cm³/mol. The first-order chi connectivity index (χ1) is 5.36. The van der Waals surface area contributed by atoms with Gasteiger partial charge < -0.3 is 4.98 Å². The summed E-state index contributed by atoms with van der Waals surface area (Å²) in [6.07, 6.45) is 4.96. The molecule has 0 fully saturated rings. The molecule has 1 amide bonds. The standard InChI is InChI=1S/C8H6N2O/c11-8-4-3-7(10-8)6-2-1-5-9-6/h1-5,9H. The first kappa shape index (κ1) is 6.09. The molecule has 3 nitrogen and oxygen atoms in total. The maximum Gasteiger partial charge on any atom is 0.270 e. The van der Waals surface area contributed by atoms with Gasteiger partial charge in [0.1, 0.15) is 0 Å². The Kier molecular flexibility index (Phi) is 1.22. The van der Waals surface area contributed by atoms with E-state index in [2.05, 4.69) is 9.98 Å². The topological polar surface area (TPSA) is 45.2 Å². The van der Waals surface area contributed by atoms with Crippen molar-refractivity contribution in [1.82, 2.24) is 4.98 Å². The molecule has 54 valence electrons. The highest BCUT2D eigenvalue weighted by Gasteiger charge is 2.08. The normalized spacial score (nSPS) is 15.6. The van der Waals surface area contributed by atoms with Crippen molar-refractivity contribution in [1.29, 1.82) is 0 Å². The van der Waals surface area contributed by atoms with Crippen molar-refractivity contribution in [2.75, 3.05) is 0 Å². The maximum atomic E-state index is 10.7. The summed E-state index contributed by atoms with van der Waals surface area (Å²) >= 11 is 0. The van der Waals surface area contributed by atoms with Gasteiger partial charge in [0.05, 0.1) is 11.4 Å². The summed E-state index contributed by atoms with van der Waals surface area (Å²) < 4.78 is 0. The Labute approximate surface area is 63.5 Å². The van der Waals surface area contributed by atoms with E-state index >= 15 is 0 Å². The molecule has 1 N–H and O–H groups in total. The largest absolute Gasteiger partial charge is 0.360 e. The van der Waals surface area contributed by atoms with Gasteiger partial charge in [-0.3, -0.25) is 4.79 Å². The minimum atomic E-state index is -0.186. The first-order valence-electron chi connectivity index (χ1n) is 3.31. The number of hydrogen-bond acceptors (Lipinski definition) is 1. The van der Waals surface area contributed by atoms with Crippen LogP contribution in [0.3, 0.4) is 0 Å². The average molecular weight is 146 g/mol.